The van der Waals surface area contributed by atoms with E-state index in [0.717, 1.165) is 11.1 Å². The van der Waals surface area contributed by atoms with Crippen LogP contribution < -0.4 is 5.32 Å². The molecule has 0 bridgehead atoms. The standard InChI is InChI=1S/C20H20ClNO4/c1-13-3-6-15(7-4-13)18(23)9-10-20(25)26-12-19(24)22-16-8-5-14(2)17(21)11-16/h3-8,11H,9-10,12H2,1-2H3,(H,22,24). The number of aryl methyl sites for hydroxylation is 2. The molecule has 0 saturated carbocycles. The van der Waals surface area contributed by atoms with Gasteiger partial charge in [-0.15, -0.1) is 0 Å². The zero-order valence-electron chi connectivity index (χ0n) is 14.7. The predicted octanol–water partition coefficient (Wildman–Crippen LogP) is 4.10. The first-order valence-corrected chi connectivity index (χ1v) is 8.54. The Morgan fingerprint density at radius 1 is 1.00 bits per heavy atom. The second-order valence-corrected chi connectivity index (χ2v) is 6.37. The lowest BCUT2D eigenvalue weighted by atomic mass is 10.1. The minimum atomic E-state index is -0.595. The Kier molecular flexibility index (Phi) is 6.92. The van der Waals surface area contributed by atoms with E-state index in [-0.39, 0.29) is 18.6 Å². The number of carbonyl (C=O) groups excluding carboxylic acids is 3. The van der Waals surface area contributed by atoms with Crippen LogP contribution in [0.25, 0.3) is 0 Å². The molecule has 5 nitrogen and oxygen atoms in total. The molecule has 1 N–H and O–H groups in total. The number of ketones is 1. The fourth-order valence-corrected chi connectivity index (χ4v) is 2.37. The highest BCUT2D eigenvalue weighted by Crippen LogP contribution is 2.19. The molecule has 0 aliphatic heterocycles. The van der Waals surface area contributed by atoms with Gasteiger partial charge in [0.25, 0.3) is 5.91 Å². The van der Waals surface area contributed by atoms with Crippen molar-refractivity contribution in [2.45, 2.75) is 26.7 Å². The second kappa shape index (κ2) is 9.15. The summed E-state index contributed by atoms with van der Waals surface area (Å²) in [4.78, 5) is 35.5. The third-order valence-electron chi connectivity index (χ3n) is 3.75. The van der Waals surface area contributed by atoms with Crippen molar-refractivity contribution in [3.05, 3.63) is 64.2 Å². The van der Waals surface area contributed by atoms with Gasteiger partial charge in [0.2, 0.25) is 0 Å². The topological polar surface area (TPSA) is 72.5 Å². The van der Waals surface area contributed by atoms with E-state index in [2.05, 4.69) is 5.32 Å². The van der Waals surface area contributed by atoms with Crippen molar-refractivity contribution in [3.63, 3.8) is 0 Å². The molecule has 26 heavy (non-hydrogen) atoms. The number of esters is 1. The maximum atomic E-state index is 12.0. The lowest BCUT2D eigenvalue weighted by Gasteiger charge is -2.08. The van der Waals surface area contributed by atoms with Gasteiger partial charge in [0.1, 0.15) is 0 Å². The molecule has 1 amide bonds. The Balaban J connectivity index is 1.73. The summed E-state index contributed by atoms with van der Waals surface area (Å²) in [6.07, 6.45) is -0.0343. The van der Waals surface area contributed by atoms with Gasteiger partial charge in [-0.1, -0.05) is 47.5 Å². The summed E-state index contributed by atoms with van der Waals surface area (Å²) >= 11 is 5.99. The smallest absolute Gasteiger partial charge is 0.306 e. The van der Waals surface area contributed by atoms with Crippen molar-refractivity contribution in [1.29, 1.82) is 0 Å². The number of rotatable bonds is 7. The number of anilines is 1. The van der Waals surface area contributed by atoms with Gasteiger partial charge in [0, 0.05) is 22.7 Å². The molecule has 0 unspecified atom stereocenters. The van der Waals surface area contributed by atoms with Gasteiger partial charge >= 0.3 is 5.97 Å². The van der Waals surface area contributed by atoms with E-state index in [1.54, 1.807) is 30.3 Å². The average molecular weight is 374 g/mol. The number of amides is 1. The quantitative estimate of drug-likeness (QED) is 0.585. The second-order valence-electron chi connectivity index (χ2n) is 5.96. The monoisotopic (exact) mass is 373 g/mol. The number of carbonyl (C=O) groups is 3. The van der Waals surface area contributed by atoms with Crippen LogP contribution in [0.15, 0.2) is 42.5 Å². The van der Waals surface area contributed by atoms with Gasteiger partial charge in [0.15, 0.2) is 12.4 Å². The number of ether oxygens (including phenoxy) is 1. The van der Waals surface area contributed by atoms with Gasteiger partial charge in [-0.3, -0.25) is 14.4 Å². The van der Waals surface area contributed by atoms with Crippen LogP contribution in [0, 0.1) is 13.8 Å². The molecule has 0 atom stereocenters. The molecule has 2 rings (SSSR count). The molecule has 6 heteroatoms. The normalized spacial score (nSPS) is 10.3. The molecule has 0 aliphatic carbocycles. The number of Topliss-reactive ketones (excluding diaryl/α,β-unsaturated/α-hetero) is 1. The summed E-state index contributed by atoms with van der Waals surface area (Å²) in [5, 5.41) is 3.13. The Bertz CT molecular complexity index is 815. The van der Waals surface area contributed by atoms with Crippen molar-refractivity contribution in [3.8, 4) is 0 Å². The van der Waals surface area contributed by atoms with E-state index in [0.29, 0.717) is 16.3 Å². The lowest BCUT2D eigenvalue weighted by molar-refractivity contribution is -0.147. The Labute approximate surface area is 157 Å². The molecular formula is C20H20ClNO4. The van der Waals surface area contributed by atoms with Crippen LogP contribution in [-0.4, -0.2) is 24.3 Å². The van der Waals surface area contributed by atoms with E-state index in [1.165, 1.54) is 0 Å². The molecule has 0 aliphatic rings. The fraction of sp³-hybridized carbons (Fsp3) is 0.250. The molecule has 0 aromatic heterocycles. The summed E-state index contributed by atoms with van der Waals surface area (Å²) in [6.45, 7) is 3.37. The first-order valence-electron chi connectivity index (χ1n) is 8.16. The van der Waals surface area contributed by atoms with E-state index in [9.17, 15) is 14.4 Å². The summed E-state index contributed by atoms with van der Waals surface area (Å²) in [5.74, 6) is -1.20. The number of benzene rings is 2. The highest BCUT2D eigenvalue weighted by molar-refractivity contribution is 6.31. The number of hydrogen-bond donors (Lipinski definition) is 1. The molecule has 0 fully saturated rings. The molecule has 0 spiro atoms. The van der Waals surface area contributed by atoms with Gasteiger partial charge < -0.3 is 10.1 Å². The minimum absolute atomic E-state index is 0.0388. The van der Waals surface area contributed by atoms with Crippen LogP contribution in [0.3, 0.4) is 0 Å². The molecule has 0 radical (unpaired) electrons. The third-order valence-corrected chi connectivity index (χ3v) is 4.16. The Morgan fingerprint density at radius 2 is 1.69 bits per heavy atom. The van der Waals surface area contributed by atoms with E-state index in [1.807, 2.05) is 26.0 Å². The predicted molar refractivity (Wildman–Crippen MR) is 101 cm³/mol. The summed E-state index contributed by atoms with van der Waals surface area (Å²) < 4.78 is 4.90. The van der Waals surface area contributed by atoms with Crippen LogP contribution in [0.2, 0.25) is 5.02 Å². The first-order chi connectivity index (χ1) is 12.3. The molecular weight excluding hydrogens is 354 g/mol. The van der Waals surface area contributed by atoms with Gasteiger partial charge in [-0.05, 0) is 31.5 Å². The summed E-state index contributed by atoms with van der Waals surface area (Å²) in [5.41, 5.74) is 3.03. The van der Waals surface area contributed by atoms with Crippen molar-refractivity contribution in [2.24, 2.45) is 0 Å². The first kappa shape index (κ1) is 19.7. The van der Waals surface area contributed by atoms with E-state index < -0.39 is 18.5 Å². The fourth-order valence-electron chi connectivity index (χ4n) is 2.19. The van der Waals surface area contributed by atoms with Gasteiger partial charge in [-0.2, -0.15) is 0 Å². The average Bonchev–Trinajstić information content (AvgIpc) is 2.61. The van der Waals surface area contributed by atoms with Crippen LogP contribution in [0.4, 0.5) is 5.69 Å². The molecule has 0 heterocycles. The SMILES string of the molecule is Cc1ccc(C(=O)CCC(=O)OCC(=O)Nc2ccc(C)c(Cl)c2)cc1. The van der Waals surface area contributed by atoms with Crippen molar-refractivity contribution in [1.82, 2.24) is 0 Å². The summed E-state index contributed by atoms with van der Waals surface area (Å²) in [7, 11) is 0. The molecule has 136 valence electrons. The summed E-state index contributed by atoms with van der Waals surface area (Å²) in [6, 6.07) is 12.2. The van der Waals surface area contributed by atoms with E-state index >= 15 is 0 Å². The highest BCUT2D eigenvalue weighted by Gasteiger charge is 2.12. The highest BCUT2D eigenvalue weighted by atomic mass is 35.5. The Morgan fingerprint density at radius 3 is 2.35 bits per heavy atom. The zero-order valence-corrected chi connectivity index (χ0v) is 15.4. The molecule has 2 aromatic rings. The zero-order chi connectivity index (χ0) is 19.1. The number of hydrogen-bond acceptors (Lipinski definition) is 4. The van der Waals surface area contributed by atoms with Crippen molar-refractivity contribution >= 4 is 34.9 Å². The molecule has 2 aromatic carbocycles. The van der Waals surface area contributed by atoms with Crippen molar-refractivity contribution < 1.29 is 19.1 Å². The molecule has 0 saturated heterocycles. The van der Waals surface area contributed by atoms with Gasteiger partial charge in [0.05, 0.1) is 6.42 Å². The van der Waals surface area contributed by atoms with Gasteiger partial charge in [-0.25, -0.2) is 0 Å². The number of nitrogens with one attached hydrogen (secondary N) is 1. The van der Waals surface area contributed by atoms with Crippen LogP contribution in [0.5, 0.6) is 0 Å². The third kappa shape index (κ3) is 6.01. The van der Waals surface area contributed by atoms with E-state index in [4.69, 9.17) is 16.3 Å². The minimum Gasteiger partial charge on any atom is -0.456 e. The Hall–Kier alpha value is -2.66. The number of halogens is 1. The largest absolute Gasteiger partial charge is 0.456 e. The van der Waals surface area contributed by atoms with Crippen LogP contribution in [0.1, 0.15) is 34.3 Å². The van der Waals surface area contributed by atoms with Crippen LogP contribution >= 0.6 is 11.6 Å². The maximum absolute atomic E-state index is 12.0. The lowest BCUT2D eigenvalue weighted by Crippen LogP contribution is -2.21. The maximum Gasteiger partial charge on any atom is 0.306 e. The van der Waals surface area contributed by atoms with Crippen LogP contribution in [-0.2, 0) is 14.3 Å². The van der Waals surface area contributed by atoms with Crippen molar-refractivity contribution in [2.75, 3.05) is 11.9 Å².